The molecule has 1 N–H and O–H groups in total. The van der Waals surface area contributed by atoms with Crippen molar-refractivity contribution in [3.05, 3.63) is 28.3 Å². The molecule has 0 saturated heterocycles. The summed E-state index contributed by atoms with van der Waals surface area (Å²) in [4.78, 5) is 0. The van der Waals surface area contributed by atoms with Crippen LogP contribution in [0.5, 0.6) is 5.75 Å². The van der Waals surface area contributed by atoms with E-state index in [9.17, 15) is 8.42 Å². The second-order valence-electron chi connectivity index (χ2n) is 4.05. The predicted octanol–water partition coefficient (Wildman–Crippen LogP) is 2.49. The van der Waals surface area contributed by atoms with E-state index in [0.717, 1.165) is 11.1 Å². The number of ether oxygens (including phenoxy) is 1. The van der Waals surface area contributed by atoms with E-state index in [-0.39, 0.29) is 12.3 Å². The molecule has 0 aromatic heterocycles. The number of methoxy groups -OCH3 is 1. The van der Waals surface area contributed by atoms with E-state index in [2.05, 4.69) is 4.72 Å². The number of sulfonamides is 1. The Morgan fingerprint density at radius 2 is 2.06 bits per heavy atom. The van der Waals surface area contributed by atoms with Crippen LogP contribution in [0.4, 0.5) is 0 Å². The maximum absolute atomic E-state index is 11.6. The second-order valence-corrected chi connectivity index (χ2v) is 6.39. The molecule has 4 nitrogen and oxygen atoms in total. The first-order chi connectivity index (χ1) is 8.39. The van der Waals surface area contributed by atoms with Gasteiger partial charge in [0.1, 0.15) is 5.75 Å². The molecule has 1 rings (SSSR count). The highest BCUT2D eigenvalue weighted by molar-refractivity contribution is 7.89. The van der Waals surface area contributed by atoms with Gasteiger partial charge in [-0.2, -0.15) is 0 Å². The molecule has 0 bridgehead atoms. The average molecular weight is 292 g/mol. The molecule has 1 aromatic rings. The lowest BCUT2D eigenvalue weighted by Gasteiger charge is -2.11. The predicted molar refractivity (Wildman–Crippen MR) is 73.7 cm³/mol. The van der Waals surface area contributed by atoms with Crippen molar-refractivity contribution >= 4 is 21.6 Å². The molecule has 1 aromatic carbocycles. The van der Waals surface area contributed by atoms with Gasteiger partial charge in [0.2, 0.25) is 10.0 Å². The largest absolute Gasteiger partial charge is 0.495 e. The number of halogens is 1. The van der Waals surface area contributed by atoms with Crippen molar-refractivity contribution in [2.45, 2.75) is 26.8 Å². The van der Waals surface area contributed by atoms with Crippen LogP contribution in [0.3, 0.4) is 0 Å². The SMILES string of the molecule is CCCS(=O)(=O)NCc1cc(Cl)c(OC)cc1C. The van der Waals surface area contributed by atoms with Gasteiger partial charge >= 0.3 is 0 Å². The minimum Gasteiger partial charge on any atom is -0.495 e. The molecule has 0 saturated carbocycles. The van der Waals surface area contributed by atoms with Crippen molar-refractivity contribution in [1.82, 2.24) is 4.72 Å². The Hall–Kier alpha value is -0.780. The van der Waals surface area contributed by atoms with Crippen LogP contribution < -0.4 is 9.46 Å². The minimum absolute atomic E-state index is 0.135. The van der Waals surface area contributed by atoms with Gasteiger partial charge in [0.05, 0.1) is 17.9 Å². The van der Waals surface area contributed by atoms with Gasteiger partial charge in [-0.3, -0.25) is 0 Å². The first-order valence-electron chi connectivity index (χ1n) is 5.70. The van der Waals surface area contributed by atoms with Crippen LogP contribution in [0, 0.1) is 6.92 Å². The summed E-state index contributed by atoms with van der Waals surface area (Å²) in [7, 11) is -1.65. The lowest BCUT2D eigenvalue weighted by molar-refractivity contribution is 0.414. The molecule has 0 spiro atoms. The number of rotatable bonds is 6. The third-order valence-electron chi connectivity index (χ3n) is 2.57. The molecule has 0 aliphatic rings. The summed E-state index contributed by atoms with van der Waals surface area (Å²) in [5.74, 6) is 0.727. The van der Waals surface area contributed by atoms with Crippen LogP contribution >= 0.6 is 11.6 Å². The van der Waals surface area contributed by atoms with Crippen molar-refractivity contribution < 1.29 is 13.2 Å². The normalized spacial score (nSPS) is 11.6. The Morgan fingerprint density at radius 3 is 2.61 bits per heavy atom. The molecule has 0 atom stereocenters. The number of hydrogen-bond donors (Lipinski definition) is 1. The van der Waals surface area contributed by atoms with Gasteiger partial charge in [0, 0.05) is 6.54 Å². The topological polar surface area (TPSA) is 55.4 Å². The highest BCUT2D eigenvalue weighted by atomic mass is 35.5. The molecule has 102 valence electrons. The summed E-state index contributed by atoms with van der Waals surface area (Å²) in [6.45, 7) is 3.97. The van der Waals surface area contributed by atoms with E-state index in [0.29, 0.717) is 17.2 Å². The third kappa shape index (κ3) is 4.15. The maximum Gasteiger partial charge on any atom is 0.211 e. The highest BCUT2D eigenvalue weighted by Gasteiger charge is 2.11. The van der Waals surface area contributed by atoms with Crippen LogP contribution in [0.15, 0.2) is 12.1 Å². The van der Waals surface area contributed by atoms with Gasteiger partial charge in [-0.15, -0.1) is 0 Å². The molecule has 0 aliphatic heterocycles. The molecule has 0 heterocycles. The molecular weight excluding hydrogens is 274 g/mol. The molecule has 0 fully saturated rings. The standard InChI is InChI=1S/C12H18ClNO3S/c1-4-5-18(15,16)14-8-10-7-11(13)12(17-3)6-9(10)2/h6-7,14H,4-5,8H2,1-3H3. The van der Waals surface area contributed by atoms with Crippen LogP contribution in [0.2, 0.25) is 5.02 Å². The van der Waals surface area contributed by atoms with Gasteiger partial charge in [-0.1, -0.05) is 18.5 Å². The van der Waals surface area contributed by atoms with E-state index in [1.165, 1.54) is 0 Å². The van der Waals surface area contributed by atoms with Crippen molar-refractivity contribution in [2.75, 3.05) is 12.9 Å². The summed E-state index contributed by atoms with van der Waals surface area (Å²) >= 11 is 6.01. The monoisotopic (exact) mass is 291 g/mol. The van der Waals surface area contributed by atoms with Crippen molar-refractivity contribution in [1.29, 1.82) is 0 Å². The zero-order valence-electron chi connectivity index (χ0n) is 10.8. The van der Waals surface area contributed by atoms with Gasteiger partial charge in [0.15, 0.2) is 0 Å². The Balaban J connectivity index is 2.83. The summed E-state index contributed by atoms with van der Waals surface area (Å²) in [5, 5.41) is 0.479. The molecule has 6 heteroatoms. The summed E-state index contributed by atoms with van der Waals surface area (Å²) < 4.78 is 30.8. The fourth-order valence-electron chi connectivity index (χ4n) is 1.57. The quantitative estimate of drug-likeness (QED) is 0.876. The van der Waals surface area contributed by atoms with Crippen molar-refractivity contribution in [2.24, 2.45) is 0 Å². The van der Waals surface area contributed by atoms with Gasteiger partial charge in [-0.05, 0) is 36.6 Å². The zero-order chi connectivity index (χ0) is 13.8. The van der Waals surface area contributed by atoms with Gasteiger partial charge < -0.3 is 4.74 Å². The smallest absolute Gasteiger partial charge is 0.211 e. The van der Waals surface area contributed by atoms with Crippen LogP contribution in [-0.4, -0.2) is 21.3 Å². The highest BCUT2D eigenvalue weighted by Crippen LogP contribution is 2.27. The maximum atomic E-state index is 11.6. The third-order valence-corrected chi connectivity index (χ3v) is 4.39. The molecule has 0 amide bonds. The molecule has 0 radical (unpaired) electrons. The zero-order valence-corrected chi connectivity index (χ0v) is 12.4. The summed E-state index contributed by atoms with van der Waals surface area (Å²) in [6, 6.07) is 3.52. The van der Waals surface area contributed by atoms with Crippen LogP contribution in [0.1, 0.15) is 24.5 Å². The fourth-order valence-corrected chi connectivity index (χ4v) is 2.89. The number of benzene rings is 1. The number of aryl methyl sites for hydroxylation is 1. The molecule has 0 unspecified atom stereocenters. The molecule has 0 aliphatic carbocycles. The minimum atomic E-state index is -3.20. The van der Waals surface area contributed by atoms with Crippen molar-refractivity contribution in [3.63, 3.8) is 0 Å². The van der Waals surface area contributed by atoms with Crippen LogP contribution in [-0.2, 0) is 16.6 Å². The Bertz CT molecular complexity index is 514. The fraction of sp³-hybridized carbons (Fsp3) is 0.500. The number of hydrogen-bond acceptors (Lipinski definition) is 3. The van der Waals surface area contributed by atoms with Gasteiger partial charge in [-0.25, -0.2) is 13.1 Å². The lowest BCUT2D eigenvalue weighted by atomic mass is 10.1. The second kappa shape index (κ2) is 6.41. The van der Waals surface area contributed by atoms with E-state index >= 15 is 0 Å². The summed E-state index contributed by atoms with van der Waals surface area (Å²) in [6.07, 6.45) is 0.595. The van der Waals surface area contributed by atoms with Crippen LogP contribution in [0.25, 0.3) is 0 Å². The Morgan fingerprint density at radius 1 is 1.39 bits per heavy atom. The summed E-state index contributed by atoms with van der Waals surface area (Å²) in [5.41, 5.74) is 1.79. The number of nitrogens with one attached hydrogen (secondary N) is 1. The van der Waals surface area contributed by atoms with Gasteiger partial charge in [0.25, 0.3) is 0 Å². The molecule has 18 heavy (non-hydrogen) atoms. The van der Waals surface area contributed by atoms with Crippen molar-refractivity contribution in [3.8, 4) is 5.75 Å². The van der Waals surface area contributed by atoms with E-state index in [1.54, 1.807) is 19.2 Å². The average Bonchev–Trinajstić information content (AvgIpc) is 2.29. The lowest BCUT2D eigenvalue weighted by Crippen LogP contribution is -2.26. The first kappa shape index (κ1) is 15.3. The van der Waals surface area contributed by atoms with E-state index in [1.807, 2.05) is 13.8 Å². The molecular formula is C12H18ClNO3S. The Labute approximate surface area is 113 Å². The Kier molecular flexibility index (Phi) is 5.44. The first-order valence-corrected chi connectivity index (χ1v) is 7.73. The van der Waals surface area contributed by atoms with E-state index in [4.69, 9.17) is 16.3 Å². The van der Waals surface area contributed by atoms with E-state index < -0.39 is 10.0 Å².